The normalized spacial score (nSPS) is 13.0. The summed E-state index contributed by atoms with van der Waals surface area (Å²) in [4.78, 5) is 24.4. The maximum atomic E-state index is 13.0. The van der Waals surface area contributed by atoms with Crippen LogP contribution in [0, 0.1) is 6.92 Å². The van der Waals surface area contributed by atoms with Crippen molar-refractivity contribution >= 4 is 34.9 Å². The number of anilines is 2. The van der Waals surface area contributed by atoms with E-state index in [1.807, 2.05) is 29.8 Å². The first-order valence-electron chi connectivity index (χ1n) is 9.71. The number of aryl methyl sites for hydroxylation is 1. The second-order valence-electron chi connectivity index (χ2n) is 7.30. The Kier molecular flexibility index (Phi) is 5.46. The largest absolute Gasteiger partial charge is 0.341 e. The Bertz CT molecular complexity index is 1100. The van der Waals surface area contributed by atoms with E-state index in [0.717, 1.165) is 29.8 Å². The van der Waals surface area contributed by atoms with Crippen molar-refractivity contribution in [2.24, 2.45) is 0 Å². The molecular weight excluding hydrogens is 402 g/mol. The van der Waals surface area contributed by atoms with Gasteiger partial charge in [0.25, 0.3) is 5.91 Å². The molecule has 0 bridgehead atoms. The highest BCUT2D eigenvalue weighted by molar-refractivity contribution is 6.31. The predicted molar refractivity (Wildman–Crippen MR) is 118 cm³/mol. The molecule has 1 aliphatic rings. The molecule has 0 unspecified atom stereocenters. The number of aromatic nitrogens is 2. The van der Waals surface area contributed by atoms with Crippen molar-refractivity contribution in [2.75, 3.05) is 17.7 Å². The number of benzene rings is 2. The Morgan fingerprint density at radius 3 is 2.33 bits per heavy atom. The van der Waals surface area contributed by atoms with Gasteiger partial charge in [-0.05, 0) is 61.7 Å². The van der Waals surface area contributed by atoms with Gasteiger partial charge in [0.05, 0.1) is 23.1 Å². The smallest absolute Gasteiger partial charge is 0.318 e. The summed E-state index contributed by atoms with van der Waals surface area (Å²) in [7, 11) is 1.55. The van der Waals surface area contributed by atoms with Crippen LogP contribution in [0.5, 0.6) is 0 Å². The molecule has 30 heavy (non-hydrogen) atoms. The lowest BCUT2D eigenvalue weighted by atomic mass is 10.1. The number of halogens is 1. The highest BCUT2D eigenvalue weighted by atomic mass is 35.5. The standard InChI is InChI=1S/C22H22ClN5O2/c1-13-3-10-17(11-19(13)23)28-20(14-4-5-14)18(12-25-28)21(29)26-15-6-8-16(9-7-15)27-22(30)24-2/h3,6-12,14H,4-5H2,1-2H3,(H,26,29)(H2,24,27,30). The molecule has 1 saturated carbocycles. The quantitative estimate of drug-likeness (QED) is 0.555. The first-order valence-corrected chi connectivity index (χ1v) is 10.1. The topological polar surface area (TPSA) is 88.1 Å². The van der Waals surface area contributed by atoms with Crippen LogP contribution in [-0.2, 0) is 0 Å². The fourth-order valence-electron chi connectivity index (χ4n) is 3.23. The predicted octanol–water partition coefficient (Wildman–Crippen LogP) is 4.72. The number of carbonyl (C=O) groups excluding carboxylic acids is 2. The van der Waals surface area contributed by atoms with E-state index in [1.54, 1.807) is 37.5 Å². The number of nitrogens with zero attached hydrogens (tertiary/aromatic N) is 2. The lowest BCUT2D eigenvalue weighted by Crippen LogP contribution is -2.24. The van der Waals surface area contributed by atoms with Gasteiger partial charge in [-0.25, -0.2) is 9.48 Å². The molecule has 3 aromatic rings. The summed E-state index contributed by atoms with van der Waals surface area (Å²) in [6.45, 7) is 1.95. The number of hydrogen-bond donors (Lipinski definition) is 3. The van der Waals surface area contributed by atoms with E-state index < -0.39 is 0 Å². The van der Waals surface area contributed by atoms with Gasteiger partial charge in [-0.2, -0.15) is 5.10 Å². The van der Waals surface area contributed by atoms with Crippen molar-refractivity contribution in [1.29, 1.82) is 0 Å². The molecule has 0 spiro atoms. The van der Waals surface area contributed by atoms with Gasteiger partial charge in [-0.15, -0.1) is 0 Å². The second kappa shape index (κ2) is 8.20. The lowest BCUT2D eigenvalue weighted by molar-refractivity contribution is 0.102. The van der Waals surface area contributed by atoms with Crippen LogP contribution in [-0.4, -0.2) is 28.8 Å². The fourth-order valence-corrected chi connectivity index (χ4v) is 3.41. The maximum Gasteiger partial charge on any atom is 0.318 e. The van der Waals surface area contributed by atoms with Crippen LogP contribution in [0.15, 0.2) is 48.7 Å². The molecule has 154 valence electrons. The third kappa shape index (κ3) is 4.16. The second-order valence-corrected chi connectivity index (χ2v) is 7.71. The summed E-state index contributed by atoms with van der Waals surface area (Å²) in [6.07, 6.45) is 3.68. The zero-order valence-electron chi connectivity index (χ0n) is 16.7. The minimum Gasteiger partial charge on any atom is -0.341 e. The molecule has 7 nitrogen and oxygen atoms in total. The third-order valence-corrected chi connectivity index (χ3v) is 5.45. The molecule has 8 heteroatoms. The summed E-state index contributed by atoms with van der Waals surface area (Å²) in [6, 6.07) is 12.4. The third-order valence-electron chi connectivity index (χ3n) is 5.04. The van der Waals surface area contributed by atoms with E-state index >= 15 is 0 Å². The molecule has 0 radical (unpaired) electrons. The minimum atomic E-state index is -0.301. The SMILES string of the molecule is CNC(=O)Nc1ccc(NC(=O)c2cnn(-c3ccc(C)c(Cl)c3)c2C2CC2)cc1. The zero-order valence-corrected chi connectivity index (χ0v) is 17.5. The first-order chi connectivity index (χ1) is 14.5. The highest BCUT2D eigenvalue weighted by Gasteiger charge is 2.33. The van der Waals surface area contributed by atoms with Crippen molar-refractivity contribution in [3.05, 3.63) is 70.5 Å². The van der Waals surface area contributed by atoms with E-state index in [4.69, 9.17) is 11.6 Å². The number of urea groups is 1. The molecular formula is C22H22ClN5O2. The molecule has 0 saturated heterocycles. The van der Waals surface area contributed by atoms with Crippen LogP contribution in [0.3, 0.4) is 0 Å². The van der Waals surface area contributed by atoms with E-state index in [2.05, 4.69) is 21.0 Å². The number of rotatable bonds is 5. The van der Waals surface area contributed by atoms with Gasteiger partial charge >= 0.3 is 6.03 Å². The van der Waals surface area contributed by atoms with E-state index in [0.29, 0.717) is 27.9 Å². The van der Waals surface area contributed by atoms with Crippen LogP contribution in [0.1, 0.15) is 40.4 Å². The molecule has 4 rings (SSSR count). The molecule has 3 N–H and O–H groups in total. The van der Waals surface area contributed by atoms with E-state index in [1.165, 1.54) is 0 Å². The van der Waals surface area contributed by atoms with Crippen molar-refractivity contribution in [1.82, 2.24) is 15.1 Å². The fraction of sp³-hybridized carbons (Fsp3) is 0.227. The monoisotopic (exact) mass is 423 g/mol. The van der Waals surface area contributed by atoms with Gasteiger partial charge in [-0.1, -0.05) is 17.7 Å². The van der Waals surface area contributed by atoms with Crippen molar-refractivity contribution in [2.45, 2.75) is 25.7 Å². The van der Waals surface area contributed by atoms with Crippen molar-refractivity contribution in [3.63, 3.8) is 0 Å². The van der Waals surface area contributed by atoms with Gasteiger partial charge in [0.2, 0.25) is 0 Å². The van der Waals surface area contributed by atoms with Gasteiger partial charge in [0.1, 0.15) is 0 Å². The molecule has 2 aromatic carbocycles. The number of carbonyl (C=O) groups is 2. The number of hydrogen-bond acceptors (Lipinski definition) is 3. The van der Waals surface area contributed by atoms with E-state index in [-0.39, 0.29) is 11.9 Å². The molecule has 0 atom stereocenters. The Hall–Kier alpha value is -3.32. The maximum absolute atomic E-state index is 13.0. The van der Waals surface area contributed by atoms with Crippen LogP contribution < -0.4 is 16.0 Å². The molecule has 3 amide bonds. The van der Waals surface area contributed by atoms with E-state index in [9.17, 15) is 9.59 Å². The molecule has 1 aromatic heterocycles. The summed E-state index contributed by atoms with van der Waals surface area (Å²) >= 11 is 6.29. The molecule has 1 fully saturated rings. The average molecular weight is 424 g/mol. The highest BCUT2D eigenvalue weighted by Crippen LogP contribution is 2.42. The molecule has 1 aliphatic carbocycles. The summed E-state index contributed by atoms with van der Waals surface area (Å²) < 4.78 is 1.81. The Morgan fingerprint density at radius 2 is 1.73 bits per heavy atom. The lowest BCUT2D eigenvalue weighted by Gasteiger charge is -2.11. The van der Waals surface area contributed by atoms with Crippen LogP contribution in [0.2, 0.25) is 5.02 Å². The van der Waals surface area contributed by atoms with Gasteiger partial charge < -0.3 is 16.0 Å². The summed E-state index contributed by atoms with van der Waals surface area (Å²) in [5.41, 5.74) is 4.57. The van der Waals surface area contributed by atoms with Gasteiger partial charge in [0.15, 0.2) is 0 Å². The first kappa shape index (κ1) is 20.0. The Balaban J connectivity index is 1.56. The van der Waals surface area contributed by atoms with Crippen molar-refractivity contribution in [3.8, 4) is 5.69 Å². The number of amides is 3. The molecule has 0 aliphatic heterocycles. The summed E-state index contributed by atoms with van der Waals surface area (Å²) in [5.74, 6) is 0.0980. The zero-order chi connectivity index (χ0) is 21.3. The average Bonchev–Trinajstić information content (AvgIpc) is 3.49. The van der Waals surface area contributed by atoms with Crippen LogP contribution in [0.4, 0.5) is 16.2 Å². The van der Waals surface area contributed by atoms with Gasteiger partial charge in [-0.3, -0.25) is 4.79 Å². The number of nitrogens with one attached hydrogen (secondary N) is 3. The minimum absolute atomic E-state index is 0.214. The Morgan fingerprint density at radius 1 is 1.07 bits per heavy atom. The van der Waals surface area contributed by atoms with Gasteiger partial charge in [0, 0.05) is 29.4 Å². The van der Waals surface area contributed by atoms with Crippen LogP contribution >= 0.6 is 11.6 Å². The Labute approximate surface area is 179 Å². The summed E-state index contributed by atoms with van der Waals surface area (Å²) in [5, 5.41) is 13.2. The van der Waals surface area contributed by atoms with Crippen molar-refractivity contribution < 1.29 is 9.59 Å². The molecule has 1 heterocycles. The van der Waals surface area contributed by atoms with Crippen LogP contribution in [0.25, 0.3) is 5.69 Å².